The van der Waals surface area contributed by atoms with Gasteiger partial charge >= 0.3 is 5.97 Å². The molecular weight excluding hydrogens is 214 g/mol. The molecule has 3 heteroatoms. The highest BCUT2D eigenvalue weighted by atomic mass is 16.4. The lowest BCUT2D eigenvalue weighted by Crippen LogP contribution is -2.26. The number of hydrogen-bond donors (Lipinski definition) is 1. The van der Waals surface area contributed by atoms with Crippen LogP contribution in [-0.4, -0.2) is 24.2 Å². The smallest absolute Gasteiger partial charge is 0.337 e. The molecule has 0 aliphatic rings. The second-order valence-electron chi connectivity index (χ2n) is 4.06. The maximum atomic E-state index is 11.2. The van der Waals surface area contributed by atoms with E-state index in [0.29, 0.717) is 12.1 Å². The van der Waals surface area contributed by atoms with Crippen LogP contribution < -0.4 is 4.90 Å². The van der Waals surface area contributed by atoms with Crippen LogP contribution in [0.1, 0.15) is 29.3 Å². The van der Waals surface area contributed by atoms with Gasteiger partial charge in [-0.15, -0.1) is 6.58 Å². The van der Waals surface area contributed by atoms with Crippen molar-refractivity contribution in [2.45, 2.75) is 20.3 Å². The van der Waals surface area contributed by atoms with Gasteiger partial charge in [0.2, 0.25) is 0 Å². The van der Waals surface area contributed by atoms with Gasteiger partial charge in [0.15, 0.2) is 0 Å². The number of aromatic carboxylic acids is 1. The number of carboxylic acid groups (broad SMARTS) is 1. The van der Waals surface area contributed by atoms with Gasteiger partial charge in [0.05, 0.1) is 11.3 Å². The summed E-state index contributed by atoms with van der Waals surface area (Å²) in [5.41, 5.74) is 2.09. The van der Waals surface area contributed by atoms with E-state index in [1.165, 1.54) is 0 Å². The van der Waals surface area contributed by atoms with Gasteiger partial charge in [-0.2, -0.15) is 0 Å². The second kappa shape index (κ2) is 6.09. The highest BCUT2D eigenvalue weighted by molar-refractivity contribution is 5.94. The van der Waals surface area contributed by atoms with Crippen LogP contribution in [0.2, 0.25) is 0 Å². The number of carbonyl (C=O) groups is 1. The molecule has 1 N–H and O–H groups in total. The van der Waals surface area contributed by atoms with Crippen LogP contribution >= 0.6 is 0 Å². The summed E-state index contributed by atoms with van der Waals surface area (Å²) >= 11 is 0. The van der Waals surface area contributed by atoms with Crippen LogP contribution in [0, 0.1) is 6.92 Å². The third-order valence-electron chi connectivity index (χ3n) is 2.57. The van der Waals surface area contributed by atoms with Crippen LogP contribution in [0.25, 0.3) is 0 Å². The van der Waals surface area contributed by atoms with Crippen LogP contribution in [-0.2, 0) is 0 Å². The van der Waals surface area contributed by atoms with Gasteiger partial charge in [0, 0.05) is 13.1 Å². The summed E-state index contributed by atoms with van der Waals surface area (Å²) in [4.78, 5) is 13.3. The van der Waals surface area contributed by atoms with E-state index in [-0.39, 0.29) is 0 Å². The Morgan fingerprint density at radius 3 is 2.76 bits per heavy atom. The summed E-state index contributed by atoms with van der Waals surface area (Å²) in [6, 6.07) is 5.52. The lowest BCUT2D eigenvalue weighted by Gasteiger charge is -2.24. The van der Waals surface area contributed by atoms with Crippen LogP contribution in [0.15, 0.2) is 30.9 Å². The molecular formula is C14H19NO2. The largest absolute Gasteiger partial charge is 0.478 e. The Hall–Kier alpha value is -1.77. The standard InChI is InChI=1S/C14H19NO2/c1-4-8-15(9-5-2)13-7-6-11(3)10-12(13)14(16)17/h4,6-7,10H,1,5,8-9H2,2-3H3,(H,16,17). The number of aryl methyl sites for hydroxylation is 1. The molecule has 3 nitrogen and oxygen atoms in total. The zero-order valence-corrected chi connectivity index (χ0v) is 10.4. The highest BCUT2D eigenvalue weighted by Crippen LogP contribution is 2.22. The third-order valence-corrected chi connectivity index (χ3v) is 2.57. The number of benzene rings is 1. The predicted octanol–water partition coefficient (Wildman–Crippen LogP) is 3.10. The molecule has 0 heterocycles. The van der Waals surface area contributed by atoms with Crippen molar-refractivity contribution in [3.8, 4) is 0 Å². The van der Waals surface area contributed by atoms with E-state index in [0.717, 1.165) is 24.2 Å². The quantitative estimate of drug-likeness (QED) is 0.767. The minimum atomic E-state index is -0.881. The molecule has 0 atom stereocenters. The van der Waals surface area contributed by atoms with Crippen molar-refractivity contribution < 1.29 is 9.90 Å². The van der Waals surface area contributed by atoms with E-state index in [1.54, 1.807) is 12.1 Å². The molecule has 0 saturated carbocycles. The molecule has 0 saturated heterocycles. The SMILES string of the molecule is C=CCN(CCC)c1ccc(C)cc1C(=O)O. The topological polar surface area (TPSA) is 40.5 Å². The first-order valence-corrected chi connectivity index (χ1v) is 5.80. The summed E-state index contributed by atoms with van der Waals surface area (Å²) in [6.45, 7) is 9.17. The van der Waals surface area contributed by atoms with Crippen molar-refractivity contribution >= 4 is 11.7 Å². The summed E-state index contributed by atoms with van der Waals surface area (Å²) in [5, 5.41) is 9.22. The van der Waals surface area contributed by atoms with Gasteiger partial charge < -0.3 is 10.0 Å². The minimum Gasteiger partial charge on any atom is -0.478 e. The molecule has 0 amide bonds. The van der Waals surface area contributed by atoms with Crippen molar-refractivity contribution in [3.63, 3.8) is 0 Å². The number of nitrogens with zero attached hydrogens (tertiary/aromatic N) is 1. The fraction of sp³-hybridized carbons (Fsp3) is 0.357. The van der Waals surface area contributed by atoms with Gasteiger partial charge in [-0.3, -0.25) is 0 Å². The predicted molar refractivity (Wildman–Crippen MR) is 70.8 cm³/mol. The summed E-state index contributed by atoms with van der Waals surface area (Å²) in [6.07, 6.45) is 2.77. The Morgan fingerprint density at radius 1 is 1.53 bits per heavy atom. The summed E-state index contributed by atoms with van der Waals surface area (Å²) in [7, 11) is 0. The Kier molecular flexibility index (Phi) is 4.76. The molecule has 0 bridgehead atoms. The van der Waals surface area contributed by atoms with Gasteiger partial charge in [-0.1, -0.05) is 24.6 Å². The lowest BCUT2D eigenvalue weighted by molar-refractivity contribution is 0.0697. The van der Waals surface area contributed by atoms with Crippen LogP contribution in [0.3, 0.4) is 0 Å². The van der Waals surface area contributed by atoms with Gasteiger partial charge in [0.25, 0.3) is 0 Å². The molecule has 1 aromatic rings. The zero-order valence-electron chi connectivity index (χ0n) is 10.4. The lowest BCUT2D eigenvalue weighted by atomic mass is 10.1. The zero-order chi connectivity index (χ0) is 12.8. The first kappa shape index (κ1) is 13.3. The Morgan fingerprint density at radius 2 is 2.24 bits per heavy atom. The fourth-order valence-corrected chi connectivity index (χ4v) is 1.83. The van der Waals surface area contributed by atoms with Crippen molar-refractivity contribution in [2.75, 3.05) is 18.0 Å². The van der Waals surface area contributed by atoms with Gasteiger partial charge in [-0.25, -0.2) is 4.79 Å². The van der Waals surface area contributed by atoms with E-state index in [2.05, 4.69) is 13.5 Å². The number of anilines is 1. The molecule has 0 aliphatic carbocycles. The number of carboxylic acids is 1. The fourth-order valence-electron chi connectivity index (χ4n) is 1.83. The highest BCUT2D eigenvalue weighted by Gasteiger charge is 2.14. The summed E-state index contributed by atoms with van der Waals surface area (Å²) in [5.74, 6) is -0.881. The maximum Gasteiger partial charge on any atom is 0.337 e. The Labute approximate surface area is 102 Å². The first-order chi connectivity index (χ1) is 8.10. The van der Waals surface area contributed by atoms with E-state index in [4.69, 9.17) is 0 Å². The normalized spacial score (nSPS) is 10.0. The molecule has 0 radical (unpaired) electrons. The Bertz CT molecular complexity index is 413. The van der Waals surface area contributed by atoms with Crippen molar-refractivity contribution in [1.82, 2.24) is 0 Å². The monoisotopic (exact) mass is 233 g/mol. The van der Waals surface area contributed by atoms with Gasteiger partial charge in [0.1, 0.15) is 0 Å². The molecule has 1 rings (SSSR count). The van der Waals surface area contributed by atoms with Crippen LogP contribution in [0.5, 0.6) is 0 Å². The molecule has 0 fully saturated rings. The molecule has 0 unspecified atom stereocenters. The first-order valence-electron chi connectivity index (χ1n) is 5.80. The molecule has 1 aromatic carbocycles. The van der Waals surface area contributed by atoms with E-state index >= 15 is 0 Å². The van der Waals surface area contributed by atoms with Gasteiger partial charge in [-0.05, 0) is 25.5 Å². The maximum absolute atomic E-state index is 11.2. The summed E-state index contributed by atoms with van der Waals surface area (Å²) < 4.78 is 0. The molecule has 17 heavy (non-hydrogen) atoms. The third kappa shape index (κ3) is 3.34. The van der Waals surface area contributed by atoms with E-state index < -0.39 is 5.97 Å². The number of rotatable bonds is 6. The molecule has 0 aromatic heterocycles. The van der Waals surface area contributed by atoms with Crippen molar-refractivity contribution in [1.29, 1.82) is 0 Å². The molecule has 0 aliphatic heterocycles. The average molecular weight is 233 g/mol. The van der Waals surface area contributed by atoms with Crippen molar-refractivity contribution in [2.24, 2.45) is 0 Å². The molecule has 92 valence electrons. The average Bonchev–Trinajstić information content (AvgIpc) is 2.28. The van der Waals surface area contributed by atoms with Crippen molar-refractivity contribution in [3.05, 3.63) is 42.0 Å². The Balaban J connectivity index is 3.16. The molecule has 0 spiro atoms. The van der Waals surface area contributed by atoms with E-state index in [9.17, 15) is 9.90 Å². The minimum absolute atomic E-state index is 0.361. The van der Waals surface area contributed by atoms with Crippen LogP contribution in [0.4, 0.5) is 5.69 Å². The second-order valence-corrected chi connectivity index (χ2v) is 4.06. The van der Waals surface area contributed by atoms with E-state index in [1.807, 2.05) is 24.0 Å². The number of hydrogen-bond acceptors (Lipinski definition) is 2.